The molecule has 0 saturated carbocycles. The minimum atomic E-state index is -0.409. The monoisotopic (exact) mass is 325 g/mol. The van der Waals surface area contributed by atoms with Crippen molar-refractivity contribution in [2.75, 3.05) is 0 Å². The summed E-state index contributed by atoms with van der Waals surface area (Å²) in [4.78, 5) is 31.1. The van der Waals surface area contributed by atoms with E-state index in [0.29, 0.717) is 18.0 Å². The van der Waals surface area contributed by atoms with E-state index in [9.17, 15) is 9.59 Å². The van der Waals surface area contributed by atoms with E-state index in [1.54, 1.807) is 11.3 Å². The summed E-state index contributed by atoms with van der Waals surface area (Å²) >= 11 is 7.31. The molecule has 0 atom stereocenters. The molecule has 0 unspecified atom stereocenters. The number of nitrogens with one attached hydrogen (secondary N) is 2. The van der Waals surface area contributed by atoms with Gasteiger partial charge in [-0.25, -0.2) is 4.98 Å². The number of aromatic amines is 1. The van der Waals surface area contributed by atoms with Gasteiger partial charge in [0.25, 0.3) is 11.5 Å². The average Bonchev–Trinajstić information content (AvgIpc) is 2.81. The molecular weight excluding hydrogens is 310 g/mol. The van der Waals surface area contributed by atoms with Crippen molar-refractivity contribution in [2.45, 2.75) is 33.2 Å². The van der Waals surface area contributed by atoms with Crippen LogP contribution in [-0.2, 0) is 6.54 Å². The van der Waals surface area contributed by atoms with E-state index >= 15 is 0 Å². The molecule has 2 aromatic heterocycles. The topological polar surface area (TPSA) is 74.8 Å². The van der Waals surface area contributed by atoms with Crippen LogP contribution < -0.4 is 10.9 Å². The summed E-state index contributed by atoms with van der Waals surface area (Å²) < 4.78 is 0. The SMILES string of the molecule is Cc1nc(C(C)C)sc1CNC(=O)c1c[nH]c(=O)c(Cl)c1. The Balaban J connectivity index is 2.07. The Hall–Kier alpha value is -1.66. The lowest BCUT2D eigenvalue weighted by Crippen LogP contribution is -2.23. The van der Waals surface area contributed by atoms with Gasteiger partial charge in [-0.15, -0.1) is 11.3 Å². The third kappa shape index (κ3) is 3.71. The third-order valence-electron chi connectivity index (χ3n) is 2.93. The number of halogens is 1. The van der Waals surface area contributed by atoms with Gasteiger partial charge < -0.3 is 10.3 Å². The second-order valence-corrected chi connectivity index (χ2v) is 6.49. The molecule has 7 heteroatoms. The standard InChI is InChI=1S/C14H16ClN3O2S/c1-7(2)14-18-8(3)11(21-14)6-17-12(19)9-4-10(15)13(20)16-5-9/h4-5,7H,6H2,1-3H3,(H,16,20)(H,17,19). The predicted molar refractivity (Wildman–Crippen MR) is 84.2 cm³/mol. The fraction of sp³-hybridized carbons (Fsp3) is 0.357. The van der Waals surface area contributed by atoms with Crippen molar-refractivity contribution in [2.24, 2.45) is 0 Å². The van der Waals surface area contributed by atoms with Crippen molar-refractivity contribution in [1.29, 1.82) is 0 Å². The fourth-order valence-electron chi connectivity index (χ4n) is 1.71. The van der Waals surface area contributed by atoms with Gasteiger partial charge in [-0.05, 0) is 13.0 Å². The number of hydrogen-bond acceptors (Lipinski definition) is 4. The highest BCUT2D eigenvalue weighted by Gasteiger charge is 2.12. The van der Waals surface area contributed by atoms with E-state index in [1.807, 2.05) is 6.92 Å². The molecule has 0 aliphatic carbocycles. The number of pyridine rings is 1. The molecule has 0 aromatic carbocycles. The van der Waals surface area contributed by atoms with Crippen LogP contribution in [0.15, 0.2) is 17.1 Å². The molecule has 1 amide bonds. The minimum Gasteiger partial charge on any atom is -0.347 e. The third-order valence-corrected chi connectivity index (χ3v) is 4.67. The molecule has 0 aliphatic heterocycles. The Morgan fingerprint density at radius 2 is 2.24 bits per heavy atom. The zero-order valence-corrected chi connectivity index (χ0v) is 13.6. The minimum absolute atomic E-state index is 0.00119. The van der Waals surface area contributed by atoms with E-state index < -0.39 is 5.56 Å². The van der Waals surface area contributed by atoms with Crippen LogP contribution in [0.1, 0.15) is 45.7 Å². The summed E-state index contributed by atoms with van der Waals surface area (Å²) in [6.45, 7) is 6.51. The fourth-order valence-corrected chi connectivity index (χ4v) is 2.89. The van der Waals surface area contributed by atoms with Crippen LogP contribution in [0.4, 0.5) is 0 Å². The maximum absolute atomic E-state index is 12.0. The van der Waals surface area contributed by atoms with E-state index in [1.165, 1.54) is 12.3 Å². The van der Waals surface area contributed by atoms with E-state index in [2.05, 4.69) is 29.1 Å². The van der Waals surface area contributed by atoms with Crippen molar-refractivity contribution in [1.82, 2.24) is 15.3 Å². The van der Waals surface area contributed by atoms with Crippen molar-refractivity contribution in [3.05, 3.63) is 48.8 Å². The number of H-pyrrole nitrogens is 1. The molecule has 2 heterocycles. The Bertz CT molecular complexity index is 721. The normalized spacial score (nSPS) is 10.9. The lowest BCUT2D eigenvalue weighted by Gasteiger charge is -2.04. The summed E-state index contributed by atoms with van der Waals surface area (Å²) in [6.07, 6.45) is 1.35. The Morgan fingerprint density at radius 3 is 2.81 bits per heavy atom. The van der Waals surface area contributed by atoms with Crippen LogP contribution in [-0.4, -0.2) is 15.9 Å². The van der Waals surface area contributed by atoms with Crippen molar-refractivity contribution in [3.63, 3.8) is 0 Å². The van der Waals surface area contributed by atoms with Crippen LogP contribution in [0, 0.1) is 6.92 Å². The molecule has 0 radical (unpaired) electrons. The molecule has 0 fully saturated rings. The smallest absolute Gasteiger partial charge is 0.266 e. The summed E-state index contributed by atoms with van der Waals surface area (Å²) in [5.41, 5.74) is 0.849. The number of thiazole rings is 1. The lowest BCUT2D eigenvalue weighted by molar-refractivity contribution is 0.0951. The second kappa shape index (κ2) is 6.41. The molecule has 0 bridgehead atoms. The largest absolute Gasteiger partial charge is 0.347 e. The highest BCUT2D eigenvalue weighted by Crippen LogP contribution is 2.24. The Morgan fingerprint density at radius 1 is 1.52 bits per heavy atom. The molecule has 112 valence electrons. The number of aromatic nitrogens is 2. The second-order valence-electron chi connectivity index (χ2n) is 4.96. The molecule has 0 aliphatic rings. The van der Waals surface area contributed by atoms with Gasteiger partial charge >= 0.3 is 0 Å². The summed E-state index contributed by atoms with van der Waals surface area (Å²) in [5, 5.41) is 3.86. The van der Waals surface area contributed by atoms with Gasteiger partial charge in [-0.2, -0.15) is 0 Å². The zero-order valence-electron chi connectivity index (χ0n) is 12.0. The number of carbonyl (C=O) groups excluding carboxylic acids is 1. The van der Waals surface area contributed by atoms with Gasteiger partial charge in [0.1, 0.15) is 5.02 Å². The number of carbonyl (C=O) groups is 1. The average molecular weight is 326 g/mol. The van der Waals surface area contributed by atoms with Crippen LogP contribution in [0.3, 0.4) is 0 Å². The highest BCUT2D eigenvalue weighted by atomic mass is 35.5. The first-order chi connectivity index (χ1) is 9.88. The molecule has 2 rings (SSSR count). The summed E-state index contributed by atoms with van der Waals surface area (Å²) in [5.74, 6) is 0.0863. The molecule has 5 nitrogen and oxygen atoms in total. The van der Waals surface area contributed by atoms with E-state index in [4.69, 9.17) is 11.6 Å². The summed E-state index contributed by atoms with van der Waals surface area (Å²) in [6, 6.07) is 1.36. The van der Waals surface area contributed by atoms with Gasteiger partial charge in [0.05, 0.1) is 22.8 Å². The maximum Gasteiger partial charge on any atom is 0.266 e. The molecular formula is C14H16ClN3O2S. The van der Waals surface area contributed by atoms with Crippen molar-refractivity contribution < 1.29 is 4.79 Å². The lowest BCUT2D eigenvalue weighted by atomic mass is 10.2. The molecule has 21 heavy (non-hydrogen) atoms. The van der Waals surface area contributed by atoms with Crippen LogP contribution in [0.5, 0.6) is 0 Å². The molecule has 2 aromatic rings. The molecule has 0 spiro atoms. The molecule has 0 saturated heterocycles. The number of hydrogen-bond donors (Lipinski definition) is 2. The van der Waals surface area contributed by atoms with Crippen molar-refractivity contribution in [3.8, 4) is 0 Å². The van der Waals surface area contributed by atoms with Crippen LogP contribution in [0.2, 0.25) is 5.02 Å². The van der Waals surface area contributed by atoms with Gasteiger partial charge in [0.15, 0.2) is 0 Å². The number of nitrogens with zero attached hydrogens (tertiary/aromatic N) is 1. The first-order valence-corrected chi connectivity index (χ1v) is 7.70. The van der Waals surface area contributed by atoms with E-state index in [-0.39, 0.29) is 10.9 Å². The summed E-state index contributed by atoms with van der Waals surface area (Å²) in [7, 11) is 0. The van der Waals surface area contributed by atoms with Gasteiger partial charge in [-0.1, -0.05) is 25.4 Å². The zero-order chi connectivity index (χ0) is 15.6. The maximum atomic E-state index is 12.0. The first kappa shape index (κ1) is 15.7. The number of amides is 1. The Kier molecular flexibility index (Phi) is 4.80. The highest BCUT2D eigenvalue weighted by molar-refractivity contribution is 7.11. The number of rotatable bonds is 4. The number of aryl methyl sites for hydroxylation is 1. The van der Waals surface area contributed by atoms with Crippen LogP contribution >= 0.6 is 22.9 Å². The quantitative estimate of drug-likeness (QED) is 0.907. The van der Waals surface area contributed by atoms with Crippen molar-refractivity contribution >= 4 is 28.8 Å². The van der Waals surface area contributed by atoms with Gasteiger partial charge in [-0.3, -0.25) is 9.59 Å². The van der Waals surface area contributed by atoms with Gasteiger partial charge in [0, 0.05) is 17.0 Å². The predicted octanol–water partition coefficient (Wildman–Crippen LogP) is 2.85. The van der Waals surface area contributed by atoms with E-state index in [0.717, 1.165) is 15.6 Å². The molecule has 2 N–H and O–H groups in total. The van der Waals surface area contributed by atoms with Crippen LogP contribution in [0.25, 0.3) is 0 Å². The Labute approximate surface area is 131 Å². The first-order valence-electron chi connectivity index (χ1n) is 6.51. The van der Waals surface area contributed by atoms with Gasteiger partial charge in [0.2, 0.25) is 0 Å².